The van der Waals surface area contributed by atoms with E-state index < -0.39 is 107 Å². The number of carboxylic acids is 1. The van der Waals surface area contributed by atoms with Gasteiger partial charge in [0, 0.05) is 28.0 Å². The van der Waals surface area contributed by atoms with Gasteiger partial charge in [-0.1, -0.05) is 19.6 Å². The van der Waals surface area contributed by atoms with Crippen LogP contribution in [0.25, 0.3) is 0 Å². The van der Waals surface area contributed by atoms with Crippen LogP contribution in [0.1, 0.15) is 13.3 Å². The van der Waals surface area contributed by atoms with E-state index in [2.05, 4.69) is 25.0 Å². The predicted molar refractivity (Wildman–Crippen MR) is 129 cm³/mol. The van der Waals surface area contributed by atoms with E-state index in [-0.39, 0.29) is 6.61 Å². The van der Waals surface area contributed by atoms with E-state index in [1.54, 1.807) is 0 Å². The Labute approximate surface area is 220 Å². The van der Waals surface area contributed by atoms with E-state index in [0.717, 1.165) is 6.92 Å². The summed E-state index contributed by atoms with van der Waals surface area (Å²) in [6, 6.07) is -0.740. The average Bonchev–Trinajstić information content (AvgIpc) is 2.82. The van der Waals surface area contributed by atoms with E-state index >= 15 is 0 Å². The van der Waals surface area contributed by atoms with E-state index in [1.165, 1.54) is 0 Å². The molecule has 2 heterocycles. The van der Waals surface area contributed by atoms with Gasteiger partial charge in [0.05, 0.1) is 25.4 Å². The molecule has 9 N–H and O–H groups in total. The molecule has 222 valence electrons. The van der Waals surface area contributed by atoms with Crippen LogP contribution in [-0.2, 0) is 28.5 Å². The van der Waals surface area contributed by atoms with E-state index in [9.17, 15) is 50.4 Å². The van der Waals surface area contributed by atoms with Gasteiger partial charge in [-0.3, -0.25) is 4.79 Å². The Bertz CT molecular complexity index is 799. The first kappa shape index (κ1) is 32.9. The summed E-state index contributed by atoms with van der Waals surface area (Å²) in [4.78, 5) is 24.1. The van der Waals surface area contributed by atoms with Crippen LogP contribution in [0.15, 0.2) is 0 Å². The lowest BCUT2D eigenvalue weighted by molar-refractivity contribution is -0.369. The molecular weight excluding hydrogens is 530 g/mol. The molecule has 2 rings (SSSR count). The molecule has 2 fully saturated rings. The molecular formula is C22H41NO14Si. The molecule has 0 bridgehead atoms. The van der Waals surface area contributed by atoms with Crippen molar-refractivity contribution in [1.82, 2.24) is 5.32 Å². The Balaban J connectivity index is 2.39. The second kappa shape index (κ2) is 13.4. The third kappa shape index (κ3) is 7.89. The maximum Gasteiger partial charge on any atom is 0.364 e. The van der Waals surface area contributed by atoms with Gasteiger partial charge < -0.3 is 65.1 Å². The summed E-state index contributed by atoms with van der Waals surface area (Å²) in [5.74, 6) is -5.31. The van der Waals surface area contributed by atoms with Crippen LogP contribution in [0.4, 0.5) is 0 Å². The van der Waals surface area contributed by atoms with Crippen molar-refractivity contribution in [3.8, 4) is 0 Å². The summed E-state index contributed by atoms with van der Waals surface area (Å²) in [7, 11) is -1.55. The fourth-order valence-electron chi connectivity index (χ4n) is 4.28. The lowest BCUT2D eigenvalue weighted by Gasteiger charge is -2.50. The first-order chi connectivity index (χ1) is 17.6. The summed E-state index contributed by atoms with van der Waals surface area (Å²) >= 11 is 0. The number of hydrogen-bond acceptors (Lipinski definition) is 13. The lowest BCUT2D eigenvalue weighted by Crippen LogP contribution is -2.70. The molecule has 1 amide bonds. The van der Waals surface area contributed by atoms with Crippen molar-refractivity contribution in [3.05, 3.63) is 0 Å². The summed E-state index contributed by atoms with van der Waals surface area (Å²) in [5.41, 5.74) is 0. The van der Waals surface area contributed by atoms with Crippen molar-refractivity contribution >= 4 is 20.0 Å². The third-order valence-electron chi connectivity index (χ3n) is 6.47. The minimum absolute atomic E-state index is 0.170. The first-order valence-electron chi connectivity index (χ1n) is 12.3. The Hall–Kier alpha value is -1.28. The number of carbonyl (C=O) groups is 2. The molecule has 11 atom stereocenters. The highest BCUT2D eigenvalue weighted by Crippen LogP contribution is 2.37. The van der Waals surface area contributed by atoms with Crippen LogP contribution in [0.2, 0.25) is 25.7 Å². The largest absolute Gasteiger partial charge is 0.477 e. The van der Waals surface area contributed by atoms with E-state index in [1.807, 2.05) is 0 Å². The van der Waals surface area contributed by atoms with Gasteiger partial charge in [-0.25, -0.2) is 4.79 Å². The van der Waals surface area contributed by atoms with Crippen LogP contribution in [-0.4, -0.2) is 148 Å². The summed E-state index contributed by atoms with van der Waals surface area (Å²) in [5, 5.41) is 84.3. The highest BCUT2D eigenvalue weighted by molar-refractivity contribution is 6.76. The van der Waals surface area contributed by atoms with Gasteiger partial charge in [-0.05, 0) is 6.04 Å². The topological polar surface area (TPSA) is 245 Å². The van der Waals surface area contributed by atoms with Crippen molar-refractivity contribution in [2.75, 3.05) is 19.8 Å². The maximum absolute atomic E-state index is 12.4. The second-order valence-corrected chi connectivity index (χ2v) is 16.5. The molecule has 2 aliphatic rings. The highest BCUT2D eigenvalue weighted by atomic mass is 28.3. The molecule has 15 nitrogen and oxygen atoms in total. The van der Waals surface area contributed by atoms with Gasteiger partial charge in [0.25, 0.3) is 5.79 Å². The number of rotatable bonds is 12. The lowest BCUT2D eigenvalue weighted by atomic mass is 9.88. The fraction of sp³-hybridized carbons (Fsp3) is 0.909. The normalized spacial score (nSPS) is 37.9. The minimum Gasteiger partial charge on any atom is -0.477 e. The van der Waals surface area contributed by atoms with Gasteiger partial charge in [-0.2, -0.15) is 0 Å². The standard InChI is InChI=1S/C22H41NO14Si/c1-10(26)23-14-11(27)7-22(21(32)33,36-18(14)15(29)12(28)8-24)37-19-16(30)13(9-25)35-20(17(19)31)34-5-6-38(2,3)4/h11-20,24-25,27-31H,5-9H2,1-4H3,(H,23,26)(H,32,33)/t11-,12+,13+,14+,15+,16-,17+,18+,19-,20+,22+/m0/s1. The number of carbonyl (C=O) groups excluding carboxylic acids is 1. The van der Waals surface area contributed by atoms with Gasteiger partial charge in [0.1, 0.15) is 42.7 Å². The Morgan fingerprint density at radius 2 is 1.76 bits per heavy atom. The summed E-state index contributed by atoms with van der Waals surface area (Å²) in [6.07, 6.45) is -16.3. The molecule has 16 heteroatoms. The quantitative estimate of drug-likeness (QED) is 0.102. The highest BCUT2D eigenvalue weighted by Gasteiger charge is 2.59. The molecule has 38 heavy (non-hydrogen) atoms. The van der Waals surface area contributed by atoms with Crippen LogP contribution >= 0.6 is 0 Å². The van der Waals surface area contributed by atoms with Crippen molar-refractivity contribution in [3.63, 3.8) is 0 Å². The van der Waals surface area contributed by atoms with Crippen molar-refractivity contribution in [2.45, 2.75) is 106 Å². The second-order valence-electron chi connectivity index (χ2n) is 10.8. The Morgan fingerprint density at radius 3 is 2.26 bits per heavy atom. The summed E-state index contributed by atoms with van der Waals surface area (Å²) < 4.78 is 22.3. The number of carboxylic acid groups (broad SMARTS) is 1. The molecule has 0 aromatic carbocycles. The number of ether oxygens (including phenoxy) is 4. The van der Waals surface area contributed by atoms with Crippen LogP contribution in [0, 0.1) is 0 Å². The van der Waals surface area contributed by atoms with Crippen LogP contribution < -0.4 is 5.32 Å². The molecule has 0 unspecified atom stereocenters. The monoisotopic (exact) mass is 571 g/mol. The summed E-state index contributed by atoms with van der Waals surface area (Å²) in [6.45, 7) is 5.85. The zero-order chi connectivity index (χ0) is 29.0. The van der Waals surface area contributed by atoms with Gasteiger partial charge in [0.2, 0.25) is 5.91 Å². The molecule has 0 spiro atoms. The molecule has 0 aromatic heterocycles. The molecule has 0 saturated carbocycles. The SMILES string of the molecule is CC(=O)N[C@H]1[C@H]([C@H](O)[C@H](O)CO)O[C@](O[C@H]2[C@@H](O)[C@@H](CO)O[C@@H](OCC[Si](C)(C)C)[C@@H]2O)(C(=O)O)C[C@@H]1O. The smallest absolute Gasteiger partial charge is 0.364 e. The van der Waals surface area contributed by atoms with Crippen LogP contribution in [0.3, 0.4) is 0 Å². The molecule has 2 saturated heterocycles. The van der Waals surface area contributed by atoms with Gasteiger partial charge >= 0.3 is 5.97 Å². The number of nitrogens with one attached hydrogen (secondary N) is 1. The number of amides is 1. The first-order valence-corrected chi connectivity index (χ1v) is 16.0. The Kier molecular flexibility index (Phi) is 11.6. The molecule has 0 radical (unpaired) electrons. The zero-order valence-corrected chi connectivity index (χ0v) is 22.8. The van der Waals surface area contributed by atoms with Crippen molar-refractivity contribution in [2.24, 2.45) is 0 Å². The third-order valence-corrected chi connectivity index (χ3v) is 8.17. The van der Waals surface area contributed by atoms with Crippen molar-refractivity contribution in [1.29, 1.82) is 0 Å². The minimum atomic E-state index is -2.82. The fourth-order valence-corrected chi connectivity index (χ4v) is 5.01. The maximum atomic E-state index is 12.4. The van der Waals surface area contributed by atoms with Crippen molar-refractivity contribution < 1.29 is 69.4 Å². The molecule has 0 aromatic rings. The van der Waals surface area contributed by atoms with E-state index in [0.29, 0.717) is 6.04 Å². The van der Waals surface area contributed by atoms with Crippen LogP contribution in [0.5, 0.6) is 0 Å². The predicted octanol–water partition coefficient (Wildman–Crippen LogP) is -3.69. The zero-order valence-electron chi connectivity index (χ0n) is 21.8. The Morgan fingerprint density at radius 1 is 1.13 bits per heavy atom. The van der Waals surface area contributed by atoms with E-state index in [4.69, 9.17) is 18.9 Å². The average molecular weight is 572 g/mol. The number of aliphatic carboxylic acids is 1. The molecule has 2 aliphatic heterocycles. The van der Waals surface area contributed by atoms with Gasteiger partial charge in [0.15, 0.2) is 6.29 Å². The number of aliphatic hydroxyl groups excluding tert-OH is 7. The van der Waals surface area contributed by atoms with Gasteiger partial charge in [-0.15, -0.1) is 0 Å². The number of aliphatic hydroxyl groups is 7. The number of hydrogen-bond donors (Lipinski definition) is 9. The molecule has 0 aliphatic carbocycles.